The molecule has 0 fully saturated rings. The number of nitrogens with zero attached hydrogens (tertiary/aromatic N) is 4. The summed E-state index contributed by atoms with van der Waals surface area (Å²) in [5, 5.41) is 11.6. The van der Waals surface area contributed by atoms with Gasteiger partial charge in [-0.05, 0) is 42.2 Å². The molecular formula is C31H42N6O3. The Morgan fingerprint density at radius 3 is 2.65 bits per heavy atom. The second kappa shape index (κ2) is 14.1. The first kappa shape index (κ1) is 29.3. The van der Waals surface area contributed by atoms with Gasteiger partial charge in [-0.15, -0.1) is 0 Å². The fraction of sp³-hybridized carbons (Fsp3) is 0.419. The second-order valence-electron chi connectivity index (χ2n) is 9.81. The van der Waals surface area contributed by atoms with E-state index in [4.69, 9.17) is 20.3 Å². The minimum Gasteiger partial charge on any atom is -0.496 e. The van der Waals surface area contributed by atoms with Crippen LogP contribution in [0.2, 0.25) is 0 Å². The van der Waals surface area contributed by atoms with Crippen molar-refractivity contribution in [2.75, 3.05) is 65.2 Å². The number of nitrogens with one attached hydrogen (secondary N) is 1. The van der Waals surface area contributed by atoms with Crippen LogP contribution in [0.15, 0.2) is 48.5 Å². The van der Waals surface area contributed by atoms with E-state index >= 15 is 0 Å². The van der Waals surface area contributed by atoms with Crippen LogP contribution in [0.4, 0.5) is 11.8 Å². The molecule has 9 heteroatoms. The van der Waals surface area contributed by atoms with Gasteiger partial charge in [0.15, 0.2) is 5.82 Å². The number of ether oxygens (including phenoxy) is 2. The molecule has 0 bridgehead atoms. The van der Waals surface area contributed by atoms with Crippen molar-refractivity contribution in [1.82, 2.24) is 19.4 Å². The Morgan fingerprint density at radius 2 is 1.93 bits per heavy atom. The van der Waals surface area contributed by atoms with Crippen LogP contribution < -0.4 is 15.8 Å². The van der Waals surface area contributed by atoms with Crippen LogP contribution in [0, 0.1) is 0 Å². The lowest BCUT2D eigenvalue weighted by molar-refractivity contribution is 0.154. The average Bonchev–Trinajstić information content (AvgIpc) is 3.30. The fourth-order valence-corrected chi connectivity index (χ4v) is 5.29. The maximum atomic E-state index is 7.00. The van der Waals surface area contributed by atoms with Gasteiger partial charge in [-0.25, -0.2) is 4.98 Å². The molecular weight excluding hydrogens is 504 g/mol. The van der Waals surface area contributed by atoms with Crippen molar-refractivity contribution in [3.05, 3.63) is 59.7 Å². The number of nitrogens with two attached hydrogens (primary N) is 1. The number of anilines is 2. The lowest BCUT2D eigenvalue weighted by Crippen LogP contribution is -2.31. The van der Waals surface area contributed by atoms with Crippen LogP contribution in [-0.2, 0) is 11.3 Å². The molecule has 0 amide bonds. The number of methoxy groups -OCH3 is 2. The Bertz CT molecular complexity index is 1450. The number of aliphatic hydroxyl groups excluding tert-OH is 1. The van der Waals surface area contributed by atoms with Gasteiger partial charge in [0.1, 0.15) is 16.8 Å². The Kier molecular flexibility index (Phi) is 10.3. The number of para-hydroxylation sites is 1. The highest BCUT2D eigenvalue weighted by molar-refractivity contribution is 6.09. The summed E-state index contributed by atoms with van der Waals surface area (Å²) in [5.41, 5.74) is 12.8. The number of benzene rings is 2. The third-order valence-corrected chi connectivity index (χ3v) is 7.33. The van der Waals surface area contributed by atoms with Gasteiger partial charge < -0.3 is 30.2 Å². The highest BCUT2D eigenvalue weighted by Gasteiger charge is 2.20. The van der Waals surface area contributed by atoms with Crippen LogP contribution in [-0.4, -0.2) is 78.7 Å². The zero-order valence-corrected chi connectivity index (χ0v) is 24.1. The van der Waals surface area contributed by atoms with Crippen molar-refractivity contribution in [2.24, 2.45) is 0 Å². The minimum atomic E-state index is 0.280. The molecule has 1 aliphatic heterocycles. The van der Waals surface area contributed by atoms with Gasteiger partial charge in [-0.1, -0.05) is 43.7 Å². The van der Waals surface area contributed by atoms with Gasteiger partial charge in [-0.3, -0.25) is 4.90 Å². The largest absolute Gasteiger partial charge is 0.496 e. The first-order valence-corrected chi connectivity index (χ1v) is 13.9. The first-order chi connectivity index (χ1) is 19.6. The van der Waals surface area contributed by atoms with E-state index in [0.717, 1.165) is 98.2 Å². The van der Waals surface area contributed by atoms with E-state index in [1.54, 1.807) is 14.2 Å². The van der Waals surface area contributed by atoms with E-state index in [1.807, 2.05) is 6.07 Å². The van der Waals surface area contributed by atoms with Crippen LogP contribution in [0.3, 0.4) is 0 Å². The van der Waals surface area contributed by atoms with Gasteiger partial charge in [-0.2, -0.15) is 4.98 Å². The Morgan fingerprint density at radius 1 is 1.10 bits per heavy atom. The molecule has 4 N–H and O–H groups in total. The third kappa shape index (κ3) is 6.38. The van der Waals surface area contributed by atoms with E-state index < -0.39 is 0 Å². The standard InChI is InChI=1S/C30H38N6O2.CH4O/c1-4-5-14-32-29-28-27(33-30(31)34-29)24-8-6-7-9-25(24)36(28)20-23-19-22(10-11-26(23)38-3)21-12-15-35(16-13-21)17-18-37-2;1-2/h6-12,19H,4-5,13-18,20H2,1-3H3,(H3,31,32,33,34);2H,1H3. The van der Waals surface area contributed by atoms with Crippen molar-refractivity contribution < 1.29 is 14.6 Å². The van der Waals surface area contributed by atoms with Gasteiger partial charge >= 0.3 is 0 Å². The molecule has 214 valence electrons. The summed E-state index contributed by atoms with van der Waals surface area (Å²) >= 11 is 0. The Balaban J connectivity index is 0.00000181. The smallest absolute Gasteiger partial charge is 0.222 e. The first-order valence-electron chi connectivity index (χ1n) is 13.9. The van der Waals surface area contributed by atoms with Crippen molar-refractivity contribution in [1.29, 1.82) is 0 Å². The lowest BCUT2D eigenvalue weighted by atomic mass is 9.97. The molecule has 0 aliphatic carbocycles. The monoisotopic (exact) mass is 546 g/mol. The van der Waals surface area contributed by atoms with E-state index in [-0.39, 0.29) is 5.95 Å². The van der Waals surface area contributed by atoms with Crippen molar-refractivity contribution in [3.63, 3.8) is 0 Å². The molecule has 3 heterocycles. The number of aromatic nitrogens is 3. The Labute approximate surface area is 236 Å². The number of fused-ring (bicyclic) bond motifs is 3. The summed E-state index contributed by atoms with van der Waals surface area (Å²) in [6.45, 7) is 7.35. The van der Waals surface area contributed by atoms with E-state index in [9.17, 15) is 0 Å². The van der Waals surface area contributed by atoms with Crippen LogP contribution in [0.1, 0.15) is 37.3 Å². The minimum absolute atomic E-state index is 0.280. The summed E-state index contributed by atoms with van der Waals surface area (Å²) in [6, 6.07) is 14.9. The molecule has 2 aromatic heterocycles. The predicted molar refractivity (Wildman–Crippen MR) is 164 cm³/mol. The predicted octanol–water partition coefficient (Wildman–Crippen LogP) is 4.78. The molecule has 9 nitrogen and oxygen atoms in total. The normalized spacial score (nSPS) is 13.7. The van der Waals surface area contributed by atoms with E-state index in [2.05, 4.69) is 74.1 Å². The summed E-state index contributed by atoms with van der Waals surface area (Å²) in [4.78, 5) is 11.7. The van der Waals surface area contributed by atoms with Crippen molar-refractivity contribution >= 4 is 39.3 Å². The zero-order valence-electron chi connectivity index (χ0n) is 24.1. The molecule has 0 spiro atoms. The highest BCUT2D eigenvalue weighted by Crippen LogP contribution is 2.35. The maximum absolute atomic E-state index is 7.00. The summed E-state index contributed by atoms with van der Waals surface area (Å²) in [5.74, 6) is 1.93. The van der Waals surface area contributed by atoms with Gasteiger partial charge in [0, 0.05) is 51.3 Å². The van der Waals surface area contributed by atoms with Crippen LogP contribution in [0.5, 0.6) is 5.75 Å². The summed E-state index contributed by atoms with van der Waals surface area (Å²) in [6.07, 6.45) is 5.52. The molecule has 0 radical (unpaired) electrons. The molecule has 2 aromatic carbocycles. The summed E-state index contributed by atoms with van der Waals surface area (Å²) < 4.78 is 13.4. The highest BCUT2D eigenvalue weighted by atomic mass is 16.5. The number of unbranched alkanes of at least 4 members (excludes halogenated alkanes) is 1. The molecule has 1 aliphatic rings. The van der Waals surface area contributed by atoms with Crippen molar-refractivity contribution in [3.8, 4) is 5.75 Å². The second-order valence-corrected chi connectivity index (χ2v) is 9.81. The van der Waals surface area contributed by atoms with Crippen LogP contribution in [0.25, 0.3) is 27.5 Å². The van der Waals surface area contributed by atoms with E-state index in [1.165, 1.54) is 11.1 Å². The molecule has 0 saturated heterocycles. The van der Waals surface area contributed by atoms with Crippen LogP contribution >= 0.6 is 0 Å². The molecule has 5 rings (SSSR count). The number of nitrogen functional groups attached to an aromatic ring is 1. The van der Waals surface area contributed by atoms with Gasteiger partial charge in [0.2, 0.25) is 5.95 Å². The quantitative estimate of drug-likeness (QED) is 0.231. The lowest BCUT2D eigenvalue weighted by Gasteiger charge is -2.26. The fourth-order valence-electron chi connectivity index (χ4n) is 5.29. The van der Waals surface area contributed by atoms with Gasteiger partial charge in [0.05, 0.1) is 25.8 Å². The molecule has 0 unspecified atom stereocenters. The van der Waals surface area contributed by atoms with Crippen molar-refractivity contribution in [2.45, 2.75) is 32.7 Å². The van der Waals surface area contributed by atoms with E-state index in [0.29, 0.717) is 6.54 Å². The molecule has 4 aromatic rings. The maximum Gasteiger partial charge on any atom is 0.222 e. The average molecular weight is 547 g/mol. The third-order valence-electron chi connectivity index (χ3n) is 7.33. The Hall–Kier alpha value is -3.66. The number of aliphatic hydroxyl groups is 1. The number of rotatable bonds is 11. The molecule has 0 saturated carbocycles. The van der Waals surface area contributed by atoms with Gasteiger partial charge in [0.25, 0.3) is 0 Å². The number of hydrogen-bond acceptors (Lipinski definition) is 8. The molecule has 40 heavy (non-hydrogen) atoms. The number of hydrogen-bond donors (Lipinski definition) is 3. The SMILES string of the molecule is CCCCNc1nc(N)nc2c3ccccc3n(Cc3cc(C4=CCN(CCOC)CC4)ccc3OC)c12.CO. The summed E-state index contributed by atoms with van der Waals surface area (Å²) in [7, 11) is 4.49. The zero-order chi connectivity index (χ0) is 28.5. The molecule has 0 atom stereocenters. The topological polar surface area (TPSA) is 111 Å².